The minimum atomic E-state index is -4.95. The van der Waals surface area contributed by atoms with Gasteiger partial charge in [0.2, 0.25) is 0 Å². The Morgan fingerprint density at radius 3 is 0.793 bits per heavy atom. The first-order valence-corrected chi connectivity index (χ1v) is 30.0. The summed E-state index contributed by atoms with van der Waals surface area (Å²) < 4.78 is 86.5. The third-order valence-electron chi connectivity index (χ3n) is 17.2. The Balaban J connectivity index is 1.02. The third kappa shape index (κ3) is 10.1. The van der Waals surface area contributed by atoms with Crippen molar-refractivity contribution in [2.75, 3.05) is 0 Å². The molecular weight excluding hydrogens is 1150 g/mol. The summed E-state index contributed by atoms with van der Waals surface area (Å²) in [6.07, 6.45) is 2.02. The van der Waals surface area contributed by atoms with Crippen molar-refractivity contribution < 1.29 is 22.0 Å². The fourth-order valence-electron chi connectivity index (χ4n) is 12.9. The van der Waals surface area contributed by atoms with E-state index in [0.29, 0.717) is 22.1 Å². The highest BCUT2D eigenvalue weighted by Crippen LogP contribution is 2.48. The maximum Gasteiger partial charge on any atom is 0.416 e. The normalized spacial score (nSPS) is 11.8. The van der Waals surface area contributed by atoms with Crippen molar-refractivity contribution >= 4 is 43.6 Å². The van der Waals surface area contributed by atoms with Crippen LogP contribution in [0.5, 0.6) is 0 Å². The third-order valence-corrected chi connectivity index (χ3v) is 17.2. The fourth-order valence-corrected chi connectivity index (χ4v) is 12.9. The standard InChI is InChI=1S/C81H49F5N6/c82-64-37-62(38-65(83)49-64)80-78(91-74-43-54(58-29-33-87-70(39-58)50-13-5-1-6-14-50)21-25-66(74)67-26-22-55(44-75(67)91)59-30-34-88-71(40-59)51-15-7-2-8-16-51)47-63(81(84,85)86)48-79(80)92-76-45-56(60-31-35-89-72(41-60)52-17-9-3-10-18-52)23-27-68(76)69-28-24-57(46-77(69)92)61-32-36-90-73(42-61)53-19-11-4-12-20-53/h1-49H. The molecule has 0 atom stereocenters. The number of benzene rings is 10. The highest BCUT2D eigenvalue weighted by Gasteiger charge is 2.35. The summed E-state index contributed by atoms with van der Waals surface area (Å²) in [6.45, 7) is 0. The van der Waals surface area contributed by atoms with Crippen LogP contribution in [0.4, 0.5) is 22.0 Å². The SMILES string of the molecule is Fc1cc(F)cc(-c2c(-n3c4cc(-c5ccnc(-c6ccccc6)c5)ccc4c4ccc(-c5ccnc(-c6ccccc6)c5)cc43)cc(C(F)(F)F)cc2-n2c3cc(-c4ccnc(-c5ccccc5)c4)ccc3c3ccc(-c4ccnc(-c5ccccc5)c4)cc32)c1. The average molecular weight is 1200 g/mol. The molecule has 0 fully saturated rings. The summed E-state index contributed by atoms with van der Waals surface area (Å²) in [5.41, 5.74) is 14.2. The predicted molar refractivity (Wildman–Crippen MR) is 360 cm³/mol. The Morgan fingerprint density at radius 1 is 0.250 bits per heavy atom. The number of alkyl halides is 3. The first-order chi connectivity index (χ1) is 45.0. The van der Waals surface area contributed by atoms with Crippen LogP contribution in [-0.4, -0.2) is 29.1 Å². The molecule has 438 valence electrons. The molecule has 6 heterocycles. The number of fused-ring (bicyclic) bond motifs is 6. The Bertz CT molecular complexity index is 4920. The maximum atomic E-state index is 16.6. The molecule has 0 saturated carbocycles. The van der Waals surface area contributed by atoms with Gasteiger partial charge in [-0.1, -0.05) is 170 Å². The van der Waals surface area contributed by atoms with E-state index in [2.05, 4.69) is 0 Å². The van der Waals surface area contributed by atoms with Gasteiger partial charge in [-0.25, -0.2) is 8.78 Å². The van der Waals surface area contributed by atoms with E-state index in [9.17, 15) is 0 Å². The minimum Gasteiger partial charge on any atom is -0.308 e. The van der Waals surface area contributed by atoms with E-state index in [4.69, 9.17) is 19.9 Å². The van der Waals surface area contributed by atoms with Crippen LogP contribution >= 0.6 is 0 Å². The molecule has 0 aliphatic heterocycles. The minimum absolute atomic E-state index is 0.0115. The molecule has 0 radical (unpaired) electrons. The molecule has 16 rings (SSSR count). The van der Waals surface area contributed by atoms with E-state index in [0.717, 1.165) is 129 Å². The van der Waals surface area contributed by atoms with E-state index >= 15 is 22.0 Å². The van der Waals surface area contributed by atoms with Crippen molar-refractivity contribution in [3.05, 3.63) is 315 Å². The number of hydrogen-bond donors (Lipinski definition) is 0. The van der Waals surface area contributed by atoms with Gasteiger partial charge >= 0.3 is 6.18 Å². The molecule has 0 aliphatic carbocycles. The topological polar surface area (TPSA) is 61.4 Å². The van der Waals surface area contributed by atoms with Gasteiger partial charge in [-0.2, -0.15) is 13.2 Å². The van der Waals surface area contributed by atoms with Gasteiger partial charge in [-0.3, -0.25) is 19.9 Å². The van der Waals surface area contributed by atoms with E-state index in [1.807, 2.05) is 252 Å². The van der Waals surface area contributed by atoms with Crippen LogP contribution in [-0.2, 0) is 6.18 Å². The zero-order chi connectivity index (χ0) is 62.0. The molecule has 0 aliphatic rings. The first kappa shape index (κ1) is 55.4. The zero-order valence-electron chi connectivity index (χ0n) is 48.9. The molecule has 0 bridgehead atoms. The second-order valence-electron chi connectivity index (χ2n) is 22.8. The number of aromatic nitrogens is 6. The summed E-state index contributed by atoms with van der Waals surface area (Å²) >= 11 is 0. The van der Waals surface area contributed by atoms with Gasteiger partial charge in [0.25, 0.3) is 0 Å². The lowest BCUT2D eigenvalue weighted by Crippen LogP contribution is -2.11. The van der Waals surface area contributed by atoms with Crippen molar-refractivity contribution in [2.24, 2.45) is 0 Å². The first-order valence-electron chi connectivity index (χ1n) is 30.0. The molecule has 0 unspecified atom stereocenters. The lowest BCUT2D eigenvalue weighted by Gasteiger charge is -2.23. The molecule has 0 spiro atoms. The largest absolute Gasteiger partial charge is 0.416 e. The molecular formula is C81H49F5N6. The fraction of sp³-hybridized carbons (Fsp3) is 0.0123. The molecule has 6 aromatic heterocycles. The van der Waals surface area contributed by atoms with Crippen LogP contribution in [0.1, 0.15) is 5.56 Å². The van der Waals surface area contributed by atoms with Gasteiger partial charge in [0, 0.05) is 80.2 Å². The number of halogens is 5. The van der Waals surface area contributed by atoms with Crippen LogP contribution < -0.4 is 0 Å². The van der Waals surface area contributed by atoms with Crippen LogP contribution in [0.15, 0.2) is 298 Å². The summed E-state index contributed by atoms with van der Waals surface area (Å²) in [4.78, 5) is 18.9. The summed E-state index contributed by atoms with van der Waals surface area (Å²) in [7, 11) is 0. The highest BCUT2D eigenvalue weighted by atomic mass is 19.4. The van der Waals surface area contributed by atoms with Crippen molar-refractivity contribution in [1.29, 1.82) is 0 Å². The average Bonchev–Trinajstić information content (AvgIpc) is 1.53. The van der Waals surface area contributed by atoms with Gasteiger partial charge in [0.1, 0.15) is 11.6 Å². The summed E-state index contributed by atoms with van der Waals surface area (Å²) in [5, 5.41) is 2.92. The quantitative estimate of drug-likeness (QED) is 0.121. The van der Waals surface area contributed by atoms with Crippen molar-refractivity contribution in [2.45, 2.75) is 6.18 Å². The van der Waals surface area contributed by atoms with Crippen LogP contribution in [0.3, 0.4) is 0 Å². The van der Waals surface area contributed by atoms with Crippen molar-refractivity contribution in [3.63, 3.8) is 0 Å². The second kappa shape index (κ2) is 22.6. The van der Waals surface area contributed by atoms with Crippen LogP contribution in [0.25, 0.3) is 156 Å². The molecule has 11 heteroatoms. The number of nitrogens with zero attached hydrogens (tertiary/aromatic N) is 6. The van der Waals surface area contributed by atoms with Gasteiger partial charge < -0.3 is 9.13 Å². The van der Waals surface area contributed by atoms with Gasteiger partial charge in [0.05, 0.1) is 61.8 Å². The second-order valence-corrected chi connectivity index (χ2v) is 22.8. The van der Waals surface area contributed by atoms with Crippen LogP contribution in [0, 0.1) is 11.6 Å². The molecule has 0 amide bonds. The summed E-state index contributed by atoms with van der Waals surface area (Å²) in [6, 6.07) is 84.1. The van der Waals surface area contributed by atoms with Crippen molar-refractivity contribution in [3.8, 4) is 112 Å². The lowest BCUT2D eigenvalue weighted by atomic mass is 9.96. The van der Waals surface area contributed by atoms with E-state index in [1.165, 1.54) is 12.1 Å². The Kier molecular flexibility index (Phi) is 13.6. The highest BCUT2D eigenvalue weighted by molar-refractivity contribution is 6.14. The van der Waals surface area contributed by atoms with E-state index < -0.39 is 23.4 Å². The Morgan fingerprint density at radius 2 is 0.522 bits per heavy atom. The number of hydrogen-bond acceptors (Lipinski definition) is 4. The number of pyridine rings is 4. The van der Waals surface area contributed by atoms with Gasteiger partial charge in [0.15, 0.2) is 0 Å². The zero-order valence-corrected chi connectivity index (χ0v) is 48.9. The molecule has 10 aromatic carbocycles. The Hall–Kier alpha value is -12.0. The molecule has 0 saturated heterocycles. The smallest absolute Gasteiger partial charge is 0.308 e. The molecule has 0 N–H and O–H groups in total. The van der Waals surface area contributed by atoms with Gasteiger partial charge in [-0.15, -0.1) is 0 Å². The van der Waals surface area contributed by atoms with Crippen molar-refractivity contribution in [1.82, 2.24) is 29.1 Å². The van der Waals surface area contributed by atoms with E-state index in [1.54, 1.807) is 24.8 Å². The monoisotopic (exact) mass is 1200 g/mol. The molecule has 6 nitrogen and oxygen atoms in total. The number of rotatable bonds is 11. The molecule has 16 aromatic rings. The lowest BCUT2D eigenvalue weighted by molar-refractivity contribution is -0.137. The summed E-state index contributed by atoms with van der Waals surface area (Å²) in [5.74, 6) is -1.82. The Labute approximate surface area is 525 Å². The molecule has 92 heavy (non-hydrogen) atoms. The maximum absolute atomic E-state index is 16.6. The van der Waals surface area contributed by atoms with Crippen LogP contribution in [0.2, 0.25) is 0 Å². The van der Waals surface area contributed by atoms with Gasteiger partial charge in [-0.05, 0) is 147 Å². The predicted octanol–water partition coefficient (Wildman–Crippen LogP) is 21.8. The van der Waals surface area contributed by atoms with E-state index in [-0.39, 0.29) is 22.5 Å².